The minimum absolute atomic E-state index is 0.0171. The van der Waals surface area contributed by atoms with Crippen molar-refractivity contribution in [3.63, 3.8) is 0 Å². The summed E-state index contributed by atoms with van der Waals surface area (Å²) < 4.78 is 0. The SMILES string of the molecule is CCN(C)C(C(=O)NC1CCCCC1O)c1ccccc1. The van der Waals surface area contributed by atoms with Gasteiger partial charge in [0, 0.05) is 0 Å². The zero-order valence-corrected chi connectivity index (χ0v) is 13.0. The quantitative estimate of drug-likeness (QED) is 0.873. The monoisotopic (exact) mass is 290 g/mol. The Kier molecular flexibility index (Phi) is 5.76. The predicted molar refractivity (Wildman–Crippen MR) is 83.9 cm³/mol. The van der Waals surface area contributed by atoms with Gasteiger partial charge in [-0.1, -0.05) is 50.1 Å². The second-order valence-electron chi connectivity index (χ2n) is 5.85. The van der Waals surface area contributed by atoms with Gasteiger partial charge >= 0.3 is 0 Å². The zero-order chi connectivity index (χ0) is 15.2. The van der Waals surface area contributed by atoms with Crippen molar-refractivity contribution >= 4 is 5.91 Å². The molecule has 3 unspecified atom stereocenters. The maximum absolute atomic E-state index is 12.7. The van der Waals surface area contributed by atoms with Gasteiger partial charge in [-0.3, -0.25) is 9.69 Å². The van der Waals surface area contributed by atoms with Crippen LogP contribution in [0.1, 0.15) is 44.2 Å². The Morgan fingerprint density at radius 3 is 2.62 bits per heavy atom. The van der Waals surface area contributed by atoms with Gasteiger partial charge in [0.15, 0.2) is 0 Å². The van der Waals surface area contributed by atoms with Gasteiger partial charge in [0.1, 0.15) is 6.04 Å². The van der Waals surface area contributed by atoms with Crippen LogP contribution < -0.4 is 5.32 Å². The molecule has 0 aliphatic heterocycles. The molecule has 4 heteroatoms. The Labute approximate surface area is 127 Å². The average molecular weight is 290 g/mol. The summed E-state index contributed by atoms with van der Waals surface area (Å²) in [6.45, 7) is 2.83. The number of hydrogen-bond donors (Lipinski definition) is 2. The number of rotatable bonds is 5. The maximum atomic E-state index is 12.7. The molecule has 1 aromatic rings. The van der Waals surface area contributed by atoms with Crippen LogP contribution in [0.25, 0.3) is 0 Å². The molecule has 2 rings (SSSR count). The number of amides is 1. The highest BCUT2D eigenvalue weighted by Crippen LogP contribution is 2.22. The van der Waals surface area contributed by atoms with Crippen molar-refractivity contribution in [1.82, 2.24) is 10.2 Å². The van der Waals surface area contributed by atoms with Crippen molar-refractivity contribution in [2.75, 3.05) is 13.6 Å². The van der Waals surface area contributed by atoms with Crippen LogP contribution in [0.15, 0.2) is 30.3 Å². The minimum Gasteiger partial charge on any atom is -0.391 e. The lowest BCUT2D eigenvalue weighted by Gasteiger charge is -2.32. The number of nitrogens with one attached hydrogen (secondary N) is 1. The van der Waals surface area contributed by atoms with Crippen LogP contribution >= 0.6 is 0 Å². The van der Waals surface area contributed by atoms with Crippen LogP contribution in [0.3, 0.4) is 0 Å². The van der Waals surface area contributed by atoms with E-state index in [0.29, 0.717) is 0 Å². The summed E-state index contributed by atoms with van der Waals surface area (Å²) in [6, 6.07) is 9.41. The van der Waals surface area contributed by atoms with E-state index in [-0.39, 0.29) is 18.0 Å². The van der Waals surface area contributed by atoms with Crippen molar-refractivity contribution in [1.29, 1.82) is 0 Å². The molecule has 0 spiro atoms. The van der Waals surface area contributed by atoms with Crippen molar-refractivity contribution < 1.29 is 9.90 Å². The summed E-state index contributed by atoms with van der Waals surface area (Å²) in [6.07, 6.45) is 3.35. The molecule has 21 heavy (non-hydrogen) atoms. The second kappa shape index (κ2) is 7.57. The van der Waals surface area contributed by atoms with E-state index in [9.17, 15) is 9.90 Å². The molecular weight excluding hydrogens is 264 g/mol. The summed E-state index contributed by atoms with van der Waals surface area (Å²) >= 11 is 0. The Bertz CT molecular complexity index is 449. The molecule has 0 bridgehead atoms. The third-order valence-corrected chi connectivity index (χ3v) is 4.36. The van der Waals surface area contributed by atoms with E-state index in [0.717, 1.165) is 37.8 Å². The molecule has 116 valence electrons. The fourth-order valence-electron chi connectivity index (χ4n) is 2.97. The first kappa shape index (κ1) is 16.0. The molecule has 2 N–H and O–H groups in total. The third-order valence-electron chi connectivity index (χ3n) is 4.36. The van der Waals surface area contributed by atoms with Gasteiger partial charge in [-0.25, -0.2) is 0 Å². The van der Waals surface area contributed by atoms with E-state index in [4.69, 9.17) is 0 Å². The first-order chi connectivity index (χ1) is 10.1. The van der Waals surface area contributed by atoms with E-state index in [1.54, 1.807) is 0 Å². The molecule has 1 amide bonds. The smallest absolute Gasteiger partial charge is 0.242 e. The lowest BCUT2D eigenvalue weighted by atomic mass is 9.92. The predicted octanol–water partition coefficient (Wildman–Crippen LogP) is 2.10. The van der Waals surface area contributed by atoms with Crippen LogP contribution in [-0.4, -0.2) is 41.7 Å². The van der Waals surface area contributed by atoms with Gasteiger partial charge in [-0.15, -0.1) is 0 Å². The molecule has 1 aromatic carbocycles. The highest BCUT2D eigenvalue weighted by Gasteiger charge is 2.29. The number of nitrogens with zero attached hydrogens (tertiary/aromatic N) is 1. The first-order valence-electron chi connectivity index (χ1n) is 7.87. The molecule has 1 saturated carbocycles. The van der Waals surface area contributed by atoms with Gasteiger partial charge in [0.25, 0.3) is 0 Å². The molecular formula is C17H26N2O2. The Balaban J connectivity index is 2.11. The van der Waals surface area contributed by atoms with Gasteiger partial charge in [-0.05, 0) is 32.0 Å². The minimum atomic E-state index is -0.411. The molecule has 0 heterocycles. The Hall–Kier alpha value is -1.39. The van der Waals surface area contributed by atoms with Crippen LogP contribution in [0.5, 0.6) is 0 Å². The average Bonchev–Trinajstić information content (AvgIpc) is 2.50. The summed E-state index contributed by atoms with van der Waals surface area (Å²) in [5.41, 5.74) is 0.990. The second-order valence-corrected chi connectivity index (χ2v) is 5.85. The van der Waals surface area contributed by atoms with Crippen LogP contribution in [0.4, 0.5) is 0 Å². The van der Waals surface area contributed by atoms with E-state index in [1.165, 1.54) is 0 Å². The van der Waals surface area contributed by atoms with E-state index < -0.39 is 6.10 Å². The van der Waals surface area contributed by atoms with Gasteiger partial charge in [-0.2, -0.15) is 0 Å². The lowest BCUT2D eigenvalue weighted by Crippen LogP contribution is -2.49. The van der Waals surface area contributed by atoms with Gasteiger partial charge in [0.05, 0.1) is 12.1 Å². The third kappa shape index (κ3) is 4.05. The molecule has 1 aliphatic rings. The molecule has 1 fully saturated rings. The summed E-state index contributed by atoms with van der Waals surface area (Å²) in [5.74, 6) is -0.0171. The standard InChI is InChI=1S/C17H26N2O2/c1-3-19(2)16(13-9-5-4-6-10-13)17(21)18-14-11-7-8-12-15(14)20/h4-6,9-10,14-16,20H,3,7-8,11-12H2,1-2H3,(H,18,21). The van der Waals surface area contributed by atoms with Crippen LogP contribution in [0, 0.1) is 0 Å². The zero-order valence-electron chi connectivity index (χ0n) is 13.0. The number of aliphatic hydroxyl groups is 1. The molecule has 3 atom stereocenters. The topological polar surface area (TPSA) is 52.6 Å². The van der Waals surface area contributed by atoms with Crippen molar-refractivity contribution in [2.45, 2.75) is 50.8 Å². The largest absolute Gasteiger partial charge is 0.391 e. The Morgan fingerprint density at radius 2 is 2.00 bits per heavy atom. The number of carbonyl (C=O) groups excluding carboxylic acids is 1. The molecule has 1 aliphatic carbocycles. The first-order valence-corrected chi connectivity index (χ1v) is 7.87. The van der Waals surface area contributed by atoms with Crippen molar-refractivity contribution in [3.05, 3.63) is 35.9 Å². The van der Waals surface area contributed by atoms with Crippen molar-refractivity contribution in [3.8, 4) is 0 Å². The van der Waals surface area contributed by atoms with E-state index in [2.05, 4.69) is 5.32 Å². The molecule has 4 nitrogen and oxygen atoms in total. The number of hydrogen-bond acceptors (Lipinski definition) is 3. The highest BCUT2D eigenvalue weighted by atomic mass is 16.3. The number of likely N-dealkylation sites (N-methyl/N-ethyl adjacent to an activating group) is 1. The normalized spacial score (nSPS) is 23.8. The van der Waals surface area contributed by atoms with E-state index >= 15 is 0 Å². The van der Waals surface area contributed by atoms with Gasteiger partial charge in [0.2, 0.25) is 5.91 Å². The summed E-state index contributed by atoms with van der Waals surface area (Å²) in [4.78, 5) is 14.7. The number of carbonyl (C=O) groups is 1. The molecule has 0 radical (unpaired) electrons. The van der Waals surface area contributed by atoms with E-state index in [1.807, 2.05) is 49.2 Å². The summed E-state index contributed by atoms with van der Waals surface area (Å²) in [7, 11) is 1.95. The molecule has 0 saturated heterocycles. The van der Waals surface area contributed by atoms with Crippen molar-refractivity contribution in [2.24, 2.45) is 0 Å². The fraction of sp³-hybridized carbons (Fsp3) is 0.588. The highest BCUT2D eigenvalue weighted by molar-refractivity contribution is 5.83. The Morgan fingerprint density at radius 1 is 1.33 bits per heavy atom. The van der Waals surface area contributed by atoms with Crippen LogP contribution in [-0.2, 0) is 4.79 Å². The number of benzene rings is 1. The van der Waals surface area contributed by atoms with Gasteiger partial charge < -0.3 is 10.4 Å². The summed E-state index contributed by atoms with van der Waals surface area (Å²) in [5, 5.41) is 13.1. The maximum Gasteiger partial charge on any atom is 0.242 e. The number of aliphatic hydroxyl groups excluding tert-OH is 1. The lowest BCUT2D eigenvalue weighted by molar-refractivity contribution is -0.128. The molecule has 0 aromatic heterocycles. The fourth-order valence-corrected chi connectivity index (χ4v) is 2.97. The van der Waals surface area contributed by atoms with Crippen LogP contribution in [0.2, 0.25) is 0 Å².